The van der Waals surface area contributed by atoms with E-state index in [1.165, 1.54) is 42.5 Å². The first-order chi connectivity index (χ1) is 10.5. The van der Waals surface area contributed by atoms with Crippen molar-refractivity contribution in [1.29, 1.82) is 0 Å². The second-order valence-electron chi connectivity index (χ2n) is 4.21. The molecule has 0 amide bonds. The van der Waals surface area contributed by atoms with Crippen molar-refractivity contribution in [2.45, 2.75) is 0 Å². The Labute approximate surface area is 127 Å². The molecular formula is C14H8ClFN2O4. The van der Waals surface area contributed by atoms with Gasteiger partial charge >= 0.3 is 11.8 Å². The van der Waals surface area contributed by atoms with E-state index in [9.17, 15) is 14.3 Å². The number of benzene rings is 2. The third-order valence-electron chi connectivity index (χ3n) is 2.73. The highest BCUT2D eigenvalue weighted by Gasteiger charge is 2.16. The Morgan fingerprint density at radius 2 is 1.95 bits per heavy atom. The number of aromatic nitrogens is 2. The highest BCUT2D eigenvalue weighted by Crippen LogP contribution is 2.23. The Morgan fingerprint density at radius 1 is 1.23 bits per heavy atom. The van der Waals surface area contributed by atoms with Gasteiger partial charge in [0.25, 0.3) is 0 Å². The van der Waals surface area contributed by atoms with Gasteiger partial charge in [-0.15, -0.1) is 0 Å². The monoisotopic (exact) mass is 322 g/mol. The number of ether oxygens (including phenoxy) is 1. The molecule has 0 saturated heterocycles. The molecule has 8 heteroatoms. The molecule has 2 aromatic carbocycles. The van der Waals surface area contributed by atoms with E-state index in [2.05, 4.69) is 5.10 Å². The van der Waals surface area contributed by atoms with Crippen molar-refractivity contribution < 1.29 is 18.7 Å². The summed E-state index contributed by atoms with van der Waals surface area (Å²) in [4.78, 5) is 11.8. The van der Waals surface area contributed by atoms with Gasteiger partial charge in [-0.1, -0.05) is 22.8 Å². The molecule has 6 nitrogen and oxygen atoms in total. The van der Waals surface area contributed by atoms with E-state index in [0.717, 1.165) is 0 Å². The van der Waals surface area contributed by atoms with Gasteiger partial charge in [0.2, 0.25) is 0 Å². The van der Waals surface area contributed by atoms with Crippen LogP contribution in [-0.4, -0.2) is 14.9 Å². The largest absolute Gasteiger partial charge is 0.508 e. The first-order valence-electron chi connectivity index (χ1n) is 6.06. The summed E-state index contributed by atoms with van der Waals surface area (Å²) < 4.78 is 24.6. The third-order valence-corrected chi connectivity index (χ3v) is 3.02. The first kappa shape index (κ1) is 14.2. The molecule has 1 aromatic heterocycles. The maximum absolute atomic E-state index is 13.9. The standard InChI is InChI=1S/C14H8ClFN2O4/c15-10-2-1-3-11(12(10)16)18-14(20)22-13(17-18)21-9-6-4-8(19)5-7-9/h1-7,19H. The number of halogens is 2. The maximum atomic E-state index is 13.9. The smallest absolute Gasteiger partial charge is 0.444 e. The SMILES string of the molecule is O=c1oc(Oc2ccc(O)cc2)nn1-c1cccc(Cl)c1F. The van der Waals surface area contributed by atoms with Gasteiger partial charge in [0, 0.05) is 0 Å². The van der Waals surface area contributed by atoms with Gasteiger partial charge in [0.15, 0.2) is 5.82 Å². The summed E-state index contributed by atoms with van der Waals surface area (Å²) in [5.74, 6) is -1.37. The second kappa shape index (κ2) is 5.53. The molecule has 0 fully saturated rings. The average Bonchev–Trinajstić information content (AvgIpc) is 2.85. The molecule has 3 rings (SSSR count). The summed E-state index contributed by atoms with van der Waals surface area (Å²) in [6, 6.07) is 9.84. The van der Waals surface area contributed by atoms with Crippen molar-refractivity contribution in [3.05, 3.63) is 63.9 Å². The van der Waals surface area contributed by atoms with Crippen molar-refractivity contribution in [1.82, 2.24) is 9.78 Å². The summed E-state index contributed by atoms with van der Waals surface area (Å²) in [5, 5.41) is 12.8. The summed E-state index contributed by atoms with van der Waals surface area (Å²) in [5.41, 5.74) is -0.151. The molecule has 0 atom stereocenters. The van der Waals surface area contributed by atoms with Crippen LogP contribution in [0.2, 0.25) is 5.02 Å². The number of rotatable bonds is 3. The molecule has 3 aromatic rings. The van der Waals surface area contributed by atoms with E-state index < -0.39 is 11.6 Å². The number of hydrogen-bond acceptors (Lipinski definition) is 5. The Bertz CT molecular complexity index is 873. The van der Waals surface area contributed by atoms with Gasteiger partial charge in [0.1, 0.15) is 17.2 Å². The van der Waals surface area contributed by atoms with Crippen molar-refractivity contribution in [2.24, 2.45) is 0 Å². The fourth-order valence-corrected chi connectivity index (χ4v) is 1.89. The van der Waals surface area contributed by atoms with Crippen LogP contribution in [0.25, 0.3) is 5.69 Å². The van der Waals surface area contributed by atoms with Crippen molar-refractivity contribution in [3.8, 4) is 23.3 Å². The lowest BCUT2D eigenvalue weighted by atomic mass is 10.3. The predicted octanol–water partition coefficient (Wildman–Crippen LogP) is 3.12. The van der Waals surface area contributed by atoms with E-state index in [0.29, 0.717) is 4.68 Å². The lowest BCUT2D eigenvalue weighted by Gasteiger charge is -2.01. The van der Waals surface area contributed by atoms with E-state index >= 15 is 0 Å². The zero-order valence-electron chi connectivity index (χ0n) is 10.9. The minimum Gasteiger partial charge on any atom is -0.508 e. The van der Waals surface area contributed by atoms with Crippen LogP contribution in [0.4, 0.5) is 4.39 Å². The Balaban J connectivity index is 1.96. The summed E-state index contributed by atoms with van der Waals surface area (Å²) in [6.45, 7) is 0. The quantitative estimate of drug-likeness (QED) is 0.801. The maximum Gasteiger partial charge on any atom is 0.444 e. The molecule has 0 spiro atoms. The van der Waals surface area contributed by atoms with E-state index in [1.54, 1.807) is 0 Å². The lowest BCUT2D eigenvalue weighted by Crippen LogP contribution is -2.14. The van der Waals surface area contributed by atoms with Gasteiger partial charge in [-0.2, -0.15) is 4.68 Å². The summed E-state index contributed by atoms with van der Waals surface area (Å²) in [6.07, 6.45) is -0.366. The zero-order valence-corrected chi connectivity index (χ0v) is 11.6. The van der Waals surface area contributed by atoms with Gasteiger partial charge in [-0.05, 0) is 36.4 Å². The number of nitrogens with zero attached hydrogens (tertiary/aromatic N) is 2. The summed E-state index contributed by atoms with van der Waals surface area (Å²) in [7, 11) is 0. The fourth-order valence-electron chi connectivity index (χ4n) is 1.73. The number of phenolic OH excluding ortho intramolecular Hbond substituents is 1. The van der Waals surface area contributed by atoms with Crippen LogP contribution < -0.4 is 10.5 Å². The van der Waals surface area contributed by atoms with E-state index in [4.69, 9.17) is 20.8 Å². The van der Waals surface area contributed by atoms with Crippen LogP contribution in [0.1, 0.15) is 0 Å². The molecular weight excluding hydrogens is 315 g/mol. The lowest BCUT2D eigenvalue weighted by molar-refractivity contribution is 0.319. The van der Waals surface area contributed by atoms with Crippen LogP contribution in [-0.2, 0) is 0 Å². The Morgan fingerprint density at radius 3 is 2.68 bits per heavy atom. The molecule has 1 heterocycles. The molecule has 0 saturated carbocycles. The molecule has 0 bridgehead atoms. The van der Waals surface area contributed by atoms with Crippen LogP contribution in [0.5, 0.6) is 17.6 Å². The van der Waals surface area contributed by atoms with Crippen LogP contribution in [0.15, 0.2) is 51.7 Å². The first-order valence-corrected chi connectivity index (χ1v) is 6.44. The van der Waals surface area contributed by atoms with Gasteiger partial charge in [-0.25, -0.2) is 9.18 Å². The van der Waals surface area contributed by atoms with Crippen molar-refractivity contribution in [3.63, 3.8) is 0 Å². The molecule has 0 unspecified atom stereocenters. The number of phenols is 1. The zero-order chi connectivity index (χ0) is 15.7. The van der Waals surface area contributed by atoms with Crippen molar-refractivity contribution in [2.75, 3.05) is 0 Å². The fraction of sp³-hybridized carbons (Fsp3) is 0. The predicted molar refractivity (Wildman–Crippen MR) is 75.2 cm³/mol. The third kappa shape index (κ3) is 2.66. The molecule has 1 N–H and O–H groups in total. The Kier molecular flexibility index (Phi) is 3.56. The second-order valence-corrected chi connectivity index (χ2v) is 4.62. The molecule has 112 valence electrons. The normalized spacial score (nSPS) is 10.6. The highest BCUT2D eigenvalue weighted by molar-refractivity contribution is 6.30. The van der Waals surface area contributed by atoms with Crippen LogP contribution >= 0.6 is 11.6 Å². The molecule has 0 aliphatic rings. The van der Waals surface area contributed by atoms with E-state index in [1.807, 2.05) is 0 Å². The number of aromatic hydroxyl groups is 1. The topological polar surface area (TPSA) is 77.5 Å². The minimum atomic E-state index is -0.921. The highest BCUT2D eigenvalue weighted by atomic mass is 35.5. The van der Waals surface area contributed by atoms with Gasteiger partial charge < -0.3 is 14.3 Å². The van der Waals surface area contributed by atoms with Crippen LogP contribution in [0.3, 0.4) is 0 Å². The van der Waals surface area contributed by atoms with Crippen LogP contribution in [0, 0.1) is 5.82 Å². The number of hydrogen-bond donors (Lipinski definition) is 1. The Hall–Kier alpha value is -2.80. The van der Waals surface area contributed by atoms with Gasteiger partial charge in [-0.3, -0.25) is 0 Å². The molecule has 0 aliphatic heterocycles. The van der Waals surface area contributed by atoms with E-state index in [-0.39, 0.29) is 28.3 Å². The van der Waals surface area contributed by atoms with Crippen molar-refractivity contribution >= 4 is 11.6 Å². The molecule has 22 heavy (non-hydrogen) atoms. The van der Waals surface area contributed by atoms with Gasteiger partial charge in [0.05, 0.1) is 5.02 Å². The molecule has 0 radical (unpaired) electrons. The summed E-state index contributed by atoms with van der Waals surface area (Å²) >= 11 is 5.66. The minimum absolute atomic E-state index is 0.0559. The molecule has 0 aliphatic carbocycles. The average molecular weight is 323 g/mol.